The second-order valence-electron chi connectivity index (χ2n) is 2.42. The lowest BCUT2D eigenvalue weighted by atomic mass is 9.91. The Kier molecular flexibility index (Phi) is 1.99. The Morgan fingerprint density at radius 1 is 1.67 bits per heavy atom. The molecule has 12 heavy (non-hydrogen) atoms. The Labute approximate surface area is 67.3 Å². The molecule has 4 nitrogen and oxygen atoms in total. The van der Waals surface area contributed by atoms with E-state index in [-0.39, 0.29) is 0 Å². The van der Waals surface area contributed by atoms with E-state index >= 15 is 0 Å². The van der Waals surface area contributed by atoms with Gasteiger partial charge in [0, 0.05) is 0 Å². The zero-order chi connectivity index (χ0) is 9.35. The average Bonchev–Trinajstić information content (AvgIpc) is 1.99. The fourth-order valence-electron chi connectivity index (χ4n) is 0.882. The molecule has 0 radical (unpaired) electrons. The third-order valence-electron chi connectivity index (χ3n) is 1.65. The van der Waals surface area contributed by atoms with Gasteiger partial charge in [0.2, 0.25) is 5.60 Å². The van der Waals surface area contributed by atoms with Crippen molar-refractivity contribution in [3.63, 3.8) is 0 Å². The van der Waals surface area contributed by atoms with Crippen molar-refractivity contribution >= 4 is 5.97 Å². The summed E-state index contributed by atoms with van der Waals surface area (Å²) >= 11 is 0. The fraction of sp³-hybridized carbons (Fsp3) is 0.286. The monoisotopic (exact) mass is 174 g/mol. The molecule has 0 unspecified atom stereocenters. The van der Waals surface area contributed by atoms with Gasteiger partial charge in [0.15, 0.2) is 0 Å². The van der Waals surface area contributed by atoms with Gasteiger partial charge in [0.05, 0.1) is 0 Å². The van der Waals surface area contributed by atoms with E-state index in [2.05, 4.69) is 0 Å². The van der Waals surface area contributed by atoms with Crippen LogP contribution in [0, 0.1) is 0 Å². The van der Waals surface area contributed by atoms with Gasteiger partial charge in [0.1, 0.15) is 11.9 Å². The normalized spacial score (nSPS) is 34.6. The maximum absolute atomic E-state index is 12.8. The van der Waals surface area contributed by atoms with Crippen molar-refractivity contribution in [2.75, 3.05) is 0 Å². The predicted molar refractivity (Wildman–Crippen MR) is 36.9 cm³/mol. The first-order valence-electron chi connectivity index (χ1n) is 3.18. The number of carboxylic acid groups (broad SMARTS) is 1. The van der Waals surface area contributed by atoms with Crippen LogP contribution in [0.4, 0.5) is 4.39 Å². The van der Waals surface area contributed by atoms with Crippen LogP contribution in [0.25, 0.3) is 0 Å². The number of rotatable bonds is 1. The van der Waals surface area contributed by atoms with Crippen molar-refractivity contribution < 1.29 is 24.5 Å². The summed E-state index contributed by atoms with van der Waals surface area (Å²) in [4.78, 5) is 10.4. The number of halogens is 1. The molecule has 0 spiro atoms. The van der Waals surface area contributed by atoms with Crippen molar-refractivity contribution in [2.24, 2.45) is 0 Å². The first kappa shape index (κ1) is 8.89. The first-order valence-corrected chi connectivity index (χ1v) is 3.18. The van der Waals surface area contributed by atoms with Gasteiger partial charge in [-0.1, -0.05) is 12.2 Å². The predicted octanol–water partition coefficient (Wildman–Crippen LogP) is -0.414. The highest BCUT2D eigenvalue weighted by molar-refractivity contribution is 5.82. The summed E-state index contributed by atoms with van der Waals surface area (Å²) in [6.07, 6.45) is 1.18. The molecule has 0 aliphatic heterocycles. The van der Waals surface area contributed by atoms with Crippen molar-refractivity contribution in [3.05, 3.63) is 24.1 Å². The van der Waals surface area contributed by atoms with Crippen LogP contribution in [0.15, 0.2) is 24.1 Å². The third-order valence-corrected chi connectivity index (χ3v) is 1.65. The van der Waals surface area contributed by atoms with Crippen LogP contribution >= 0.6 is 0 Å². The number of allylic oxidation sites excluding steroid dienone is 2. The lowest BCUT2D eigenvalue weighted by molar-refractivity contribution is -0.164. The Morgan fingerprint density at radius 3 is 2.58 bits per heavy atom. The number of carboxylic acids is 1. The quantitative estimate of drug-likeness (QED) is 0.504. The highest BCUT2D eigenvalue weighted by atomic mass is 19.1. The number of aliphatic hydroxyl groups is 2. The zero-order valence-electron chi connectivity index (χ0n) is 5.94. The van der Waals surface area contributed by atoms with E-state index in [0.29, 0.717) is 0 Å². The van der Waals surface area contributed by atoms with Crippen molar-refractivity contribution in [3.8, 4) is 0 Å². The van der Waals surface area contributed by atoms with Crippen molar-refractivity contribution in [1.29, 1.82) is 0 Å². The number of aliphatic carboxylic acids is 1. The average molecular weight is 174 g/mol. The van der Waals surface area contributed by atoms with Crippen molar-refractivity contribution in [1.82, 2.24) is 0 Å². The van der Waals surface area contributed by atoms with Crippen molar-refractivity contribution in [2.45, 2.75) is 11.7 Å². The summed E-state index contributed by atoms with van der Waals surface area (Å²) in [5.74, 6) is -3.09. The Morgan fingerprint density at radius 2 is 2.25 bits per heavy atom. The maximum Gasteiger partial charge on any atom is 0.346 e. The van der Waals surface area contributed by atoms with E-state index in [1.807, 2.05) is 0 Å². The maximum atomic E-state index is 12.8. The molecule has 1 rings (SSSR count). The topological polar surface area (TPSA) is 77.8 Å². The van der Waals surface area contributed by atoms with E-state index in [1.165, 1.54) is 0 Å². The highest BCUT2D eigenvalue weighted by Gasteiger charge is 2.48. The summed E-state index contributed by atoms with van der Waals surface area (Å²) in [5.41, 5.74) is -2.82. The minimum atomic E-state index is -2.82. The Bertz CT molecular complexity index is 271. The van der Waals surface area contributed by atoms with Crippen LogP contribution in [-0.2, 0) is 4.79 Å². The van der Waals surface area contributed by atoms with E-state index in [4.69, 9.17) is 15.3 Å². The minimum absolute atomic E-state index is 0.793. The molecule has 1 aliphatic rings. The molecule has 66 valence electrons. The molecule has 0 heterocycles. The third kappa shape index (κ3) is 1.03. The smallest absolute Gasteiger partial charge is 0.346 e. The molecule has 2 atom stereocenters. The summed E-state index contributed by atoms with van der Waals surface area (Å²) < 4.78 is 12.8. The van der Waals surface area contributed by atoms with Gasteiger partial charge >= 0.3 is 5.97 Å². The van der Waals surface area contributed by atoms with Gasteiger partial charge in [-0.15, -0.1) is 0 Å². The summed E-state index contributed by atoms with van der Waals surface area (Å²) in [7, 11) is 0. The van der Waals surface area contributed by atoms with Crippen LogP contribution in [0.5, 0.6) is 0 Å². The van der Waals surface area contributed by atoms with Gasteiger partial charge in [-0.05, 0) is 6.08 Å². The fourth-order valence-corrected chi connectivity index (χ4v) is 0.882. The van der Waals surface area contributed by atoms with E-state index < -0.39 is 23.5 Å². The molecular formula is C7H7FO4. The molecule has 0 amide bonds. The molecule has 0 saturated carbocycles. The Balaban J connectivity index is 3.10. The Hall–Kier alpha value is -1.20. The molecule has 1 aliphatic carbocycles. The zero-order valence-corrected chi connectivity index (χ0v) is 5.94. The largest absolute Gasteiger partial charge is 0.479 e. The van der Waals surface area contributed by atoms with Gasteiger partial charge in [-0.2, -0.15) is 0 Å². The van der Waals surface area contributed by atoms with E-state index in [0.717, 1.165) is 18.2 Å². The lowest BCUT2D eigenvalue weighted by Gasteiger charge is -2.26. The number of hydrogen-bond acceptors (Lipinski definition) is 3. The highest BCUT2D eigenvalue weighted by Crippen LogP contribution is 2.27. The number of aliphatic hydroxyl groups excluding tert-OH is 1. The van der Waals surface area contributed by atoms with Gasteiger partial charge in [0.25, 0.3) is 0 Å². The molecule has 0 aromatic rings. The second kappa shape index (κ2) is 2.69. The van der Waals surface area contributed by atoms with Crippen LogP contribution in [0.1, 0.15) is 0 Å². The van der Waals surface area contributed by atoms with Crippen LogP contribution in [0.3, 0.4) is 0 Å². The lowest BCUT2D eigenvalue weighted by Crippen LogP contribution is -2.50. The molecule has 0 aromatic heterocycles. The molecule has 0 aromatic carbocycles. The van der Waals surface area contributed by atoms with Gasteiger partial charge < -0.3 is 15.3 Å². The minimum Gasteiger partial charge on any atom is -0.479 e. The standard InChI is InChI=1S/C7H7FO4/c8-4-2-1-3-5(9)7(4,12)6(10)11/h1-3,5,9,12H,(H,10,11)/t5-,7+/m0/s1. The second-order valence-corrected chi connectivity index (χ2v) is 2.42. The molecule has 3 N–H and O–H groups in total. The molecule has 0 bridgehead atoms. The van der Waals surface area contributed by atoms with Crippen LogP contribution < -0.4 is 0 Å². The number of hydrogen-bond donors (Lipinski definition) is 3. The summed E-state index contributed by atoms with van der Waals surface area (Å²) in [6.45, 7) is 0. The molecule has 0 saturated heterocycles. The van der Waals surface area contributed by atoms with Gasteiger partial charge in [-0.25, -0.2) is 9.18 Å². The molecule has 5 heteroatoms. The summed E-state index contributed by atoms with van der Waals surface area (Å²) in [5, 5.41) is 26.5. The van der Waals surface area contributed by atoms with Crippen LogP contribution in [-0.4, -0.2) is 33.0 Å². The van der Waals surface area contributed by atoms with Gasteiger partial charge in [-0.3, -0.25) is 0 Å². The SMILES string of the molecule is O=C(O)[C@@]1(O)C(F)=CC=C[C@@H]1O. The molecular weight excluding hydrogens is 167 g/mol. The first-order chi connectivity index (χ1) is 5.49. The molecule has 0 fully saturated rings. The number of carbonyl (C=O) groups is 1. The van der Waals surface area contributed by atoms with Crippen LogP contribution in [0.2, 0.25) is 0 Å². The van der Waals surface area contributed by atoms with E-state index in [1.54, 1.807) is 0 Å². The van der Waals surface area contributed by atoms with E-state index in [9.17, 15) is 9.18 Å². The summed E-state index contributed by atoms with van der Waals surface area (Å²) in [6, 6.07) is 0.